The van der Waals surface area contributed by atoms with Crippen molar-refractivity contribution in [2.75, 3.05) is 5.32 Å². The number of ether oxygens (including phenoxy) is 1. The van der Waals surface area contributed by atoms with Crippen LogP contribution in [0.25, 0.3) is 20.7 Å². The lowest BCUT2D eigenvalue weighted by molar-refractivity contribution is 0.135. The molecule has 0 saturated carbocycles. The molecule has 0 spiro atoms. The lowest BCUT2D eigenvalue weighted by atomic mass is 9.95. The fourth-order valence-corrected chi connectivity index (χ4v) is 6.86. The molecule has 3 heterocycles. The number of aliphatic hydroxyl groups excluding tert-OH is 1. The number of halogens is 2. The van der Waals surface area contributed by atoms with Crippen molar-refractivity contribution in [3.63, 3.8) is 0 Å². The normalized spacial score (nSPS) is 13.3. The number of nitrogens with one attached hydrogen (secondary N) is 1. The Morgan fingerprint density at radius 2 is 2.02 bits per heavy atom. The largest absolute Gasteiger partial charge is 0.487 e. The monoisotopic (exact) mass is 605 g/mol. The van der Waals surface area contributed by atoms with Gasteiger partial charge < -0.3 is 15.2 Å². The van der Waals surface area contributed by atoms with Crippen molar-refractivity contribution in [3.8, 4) is 16.2 Å². The highest BCUT2D eigenvalue weighted by Gasteiger charge is 2.27. The Bertz CT molecular complexity index is 1720. The van der Waals surface area contributed by atoms with E-state index in [2.05, 4.69) is 35.3 Å². The van der Waals surface area contributed by atoms with Crippen LogP contribution in [0.1, 0.15) is 49.9 Å². The van der Waals surface area contributed by atoms with Gasteiger partial charge in [-0.3, -0.25) is 4.68 Å². The van der Waals surface area contributed by atoms with Crippen LogP contribution < -0.4 is 10.1 Å². The first kappa shape index (κ1) is 28.6. The molecule has 0 saturated heterocycles. The van der Waals surface area contributed by atoms with Crippen LogP contribution in [-0.2, 0) is 26.0 Å². The fourth-order valence-electron chi connectivity index (χ4n) is 5.40. The molecule has 0 aliphatic heterocycles. The summed E-state index contributed by atoms with van der Waals surface area (Å²) < 4.78 is 21.2. The molecule has 42 heavy (non-hydrogen) atoms. The average Bonchev–Trinajstić information content (AvgIpc) is 3.54. The SMILES string of the molecule is CC(C)CCC[C@@H](O)Cn1cc2c(n1)CCc1c-2sc2ncnc(Nc3ccc(OCc4cccc(F)c4)c(Cl)c3)c12. The van der Waals surface area contributed by atoms with E-state index in [4.69, 9.17) is 21.4 Å². The maximum absolute atomic E-state index is 13.5. The van der Waals surface area contributed by atoms with Crippen molar-refractivity contribution in [3.05, 3.63) is 82.6 Å². The second-order valence-electron chi connectivity index (χ2n) is 11.2. The zero-order valence-electron chi connectivity index (χ0n) is 23.6. The van der Waals surface area contributed by atoms with Gasteiger partial charge in [-0.05, 0) is 66.6 Å². The zero-order chi connectivity index (χ0) is 29.2. The summed E-state index contributed by atoms with van der Waals surface area (Å²) in [5.41, 5.74) is 4.89. The Morgan fingerprint density at radius 3 is 2.83 bits per heavy atom. The van der Waals surface area contributed by atoms with Crippen LogP contribution >= 0.6 is 22.9 Å². The van der Waals surface area contributed by atoms with Gasteiger partial charge in [0.15, 0.2) is 0 Å². The minimum Gasteiger partial charge on any atom is -0.487 e. The van der Waals surface area contributed by atoms with E-state index < -0.39 is 6.10 Å². The number of nitrogens with zero attached hydrogens (tertiary/aromatic N) is 4. The number of rotatable bonds is 11. The van der Waals surface area contributed by atoms with Gasteiger partial charge in [-0.15, -0.1) is 11.3 Å². The number of aliphatic hydroxyl groups is 1. The summed E-state index contributed by atoms with van der Waals surface area (Å²) in [6.45, 7) is 5.13. The number of fused-ring (bicyclic) bond motifs is 5. The quantitative estimate of drug-likeness (QED) is 0.159. The van der Waals surface area contributed by atoms with Gasteiger partial charge in [0.05, 0.1) is 28.8 Å². The van der Waals surface area contributed by atoms with Gasteiger partial charge in [0.1, 0.15) is 35.1 Å². The number of aryl methyl sites for hydroxylation is 2. The van der Waals surface area contributed by atoms with E-state index in [9.17, 15) is 9.50 Å². The van der Waals surface area contributed by atoms with E-state index in [1.54, 1.807) is 41.9 Å². The zero-order valence-corrected chi connectivity index (χ0v) is 25.2. The maximum atomic E-state index is 13.5. The van der Waals surface area contributed by atoms with Crippen LogP contribution in [0.5, 0.6) is 5.75 Å². The number of hydrogen-bond acceptors (Lipinski definition) is 7. The van der Waals surface area contributed by atoms with E-state index in [0.29, 0.717) is 23.2 Å². The number of anilines is 2. The highest BCUT2D eigenvalue weighted by molar-refractivity contribution is 7.22. The van der Waals surface area contributed by atoms with Gasteiger partial charge in [0, 0.05) is 22.3 Å². The molecule has 10 heteroatoms. The Labute approximate surface area is 253 Å². The minimum atomic E-state index is -0.404. The van der Waals surface area contributed by atoms with Crippen LogP contribution in [0.15, 0.2) is 55.0 Å². The standard InChI is InChI=1S/C32H33ClFN5O2S/c1-19(2)5-3-8-23(40)15-39-16-25-27(38-39)11-10-24-29-31(35-18-36-32(29)42-30(24)25)37-22-9-12-28(26(33)14-22)41-17-20-6-4-7-21(34)13-20/h4,6-7,9,12-14,16,18-19,23,40H,3,5,8,10-11,15,17H2,1-2H3,(H,35,36,37)/t23-/m1/s1. The molecule has 1 aliphatic carbocycles. The third-order valence-corrected chi connectivity index (χ3v) is 8.95. The molecule has 2 aromatic carbocycles. The molecule has 7 nitrogen and oxygen atoms in total. The van der Waals surface area contributed by atoms with Gasteiger partial charge in [-0.2, -0.15) is 5.10 Å². The summed E-state index contributed by atoms with van der Waals surface area (Å²) in [5, 5.41) is 20.3. The molecule has 2 N–H and O–H groups in total. The highest BCUT2D eigenvalue weighted by Crippen LogP contribution is 2.45. The molecule has 6 rings (SSSR count). The van der Waals surface area contributed by atoms with Crippen molar-refractivity contribution < 1.29 is 14.2 Å². The molecular weight excluding hydrogens is 573 g/mol. The first-order valence-electron chi connectivity index (χ1n) is 14.3. The van der Waals surface area contributed by atoms with Gasteiger partial charge in [0.25, 0.3) is 0 Å². The lowest BCUT2D eigenvalue weighted by Gasteiger charge is -2.13. The molecule has 0 fully saturated rings. The molecule has 0 radical (unpaired) electrons. The molecule has 1 atom stereocenters. The van der Waals surface area contributed by atoms with Crippen molar-refractivity contribution in [2.24, 2.45) is 5.92 Å². The summed E-state index contributed by atoms with van der Waals surface area (Å²) >= 11 is 8.19. The molecular formula is C32H33ClFN5O2S. The van der Waals surface area contributed by atoms with Crippen LogP contribution in [0, 0.1) is 11.7 Å². The van der Waals surface area contributed by atoms with E-state index >= 15 is 0 Å². The van der Waals surface area contributed by atoms with E-state index in [-0.39, 0.29) is 12.4 Å². The first-order chi connectivity index (χ1) is 20.3. The number of benzene rings is 2. The highest BCUT2D eigenvalue weighted by atomic mass is 35.5. The molecule has 5 aromatic rings. The van der Waals surface area contributed by atoms with E-state index in [0.717, 1.165) is 75.5 Å². The van der Waals surface area contributed by atoms with Crippen molar-refractivity contribution >= 4 is 44.7 Å². The van der Waals surface area contributed by atoms with Gasteiger partial charge in [0.2, 0.25) is 0 Å². The van der Waals surface area contributed by atoms with Crippen molar-refractivity contribution in [1.29, 1.82) is 0 Å². The first-order valence-corrected chi connectivity index (χ1v) is 15.5. The molecule has 1 aliphatic rings. The predicted molar refractivity (Wildman–Crippen MR) is 166 cm³/mol. The third-order valence-electron chi connectivity index (χ3n) is 7.48. The van der Waals surface area contributed by atoms with E-state index in [1.807, 2.05) is 10.7 Å². The van der Waals surface area contributed by atoms with Crippen LogP contribution in [-0.4, -0.2) is 31.0 Å². The van der Waals surface area contributed by atoms with Gasteiger partial charge in [-0.1, -0.05) is 50.4 Å². The Kier molecular flexibility index (Phi) is 8.42. The summed E-state index contributed by atoms with van der Waals surface area (Å²) in [6.07, 6.45) is 7.82. The Morgan fingerprint density at radius 1 is 1.14 bits per heavy atom. The Balaban J connectivity index is 1.19. The summed E-state index contributed by atoms with van der Waals surface area (Å²) in [7, 11) is 0. The number of thiophene rings is 1. The van der Waals surface area contributed by atoms with Crippen LogP contribution in [0.2, 0.25) is 5.02 Å². The number of aromatic nitrogens is 4. The predicted octanol–water partition coefficient (Wildman–Crippen LogP) is 7.96. The van der Waals surface area contributed by atoms with Crippen molar-refractivity contribution in [1.82, 2.24) is 19.7 Å². The minimum absolute atomic E-state index is 0.216. The molecule has 0 amide bonds. The second-order valence-corrected chi connectivity index (χ2v) is 12.6. The van der Waals surface area contributed by atoms with Crippen molar-refractivity contribution in [2.45, 2.75) is 65.2 Å². The van der Waals surface area contributed by atoms with Crippen LogP contribution in [0.4, 0.5) is 15.9 Å². The molecule has 0 bridgehead atoms. The maximum Gasteiger partial charge on any atom is 0.142 e. The Hall–Kier alpha value is -3.53. The fraction of sp³-hybridized carbons (Fsp3) is 0.344. The topological polar surface area (TPSA) is 85.1 Å². The summed E-state index contributed by atoms with van der Waals surface area (Å²) in [6, 6.07) is 11.8. The van der Waals surface area contributed by atoms with E-state index in [1.165, 1.54) is 17.7 Å². The molecule has 3 aromatic heterocycles. The summed E-state index contributed by atoms with van der Waals surface area (Å²) in [5.74, 6) is 1.58. The lowest BCUT2D eigenvalue weighted by Crippen LogP contribution is -2.16. The number of hydrogen-bond donors (Lipinski definition) is 2. The second kappa shape index (κ2) is 12.4. The average molecular weight is 606 g/mol. The summed E-state index contributed by atoms with van der Waals surface area (Å²) in [4.78, 5) is 11.2. The van der Waals surface area contributed by atoms with Gasteiger partial charge >= 0.3 is 0 Å². The molecule has 218 valence electrons. The smallest absolute Gasteiger partial charge is 0.142 e. The third kappa shape index (κ3) is 6.28. The molecule has 0 unspecified atom stereocenters. The van der Waals surface area contributed by atoms with Gasteiger partial charge in [-0.25, -0.2) is 14.4 Å². The van der Waals surface area contributed by atoms with Crippen LogP contribution in [0.3, 0.4) is 0 Å².